The zero-order valence-corrected chi connectivity index (χ0v) is 18.3. The van der Waals surface area contributed by atoms with Gasteiger partial charge in [-0.3, -0.25) is 5.73 Å². The molecule has 1 aliphatic rings. The number of aromatic nitrogens is 4. The van der Waals surface area contributed by atoms with Crippen molar-refractivity contribution in [3.05, 3.63) is 72.2 Å². The first-order valence-electron chi connectivity index (χ1n) is 10.7. The number of nitrogens with zero attached hydrogens (tertiary/aromatic N) is 4. The van der Waals surface area contributed by atoms with Crippen molar-refractivity contribution in [3.63, 3.8) is 0 Å². The number of pyridine rings is 2. The molecule has 0 radical (unpaired) electrons. The molecule has 1 atom stereocenters. The number of benzene rings is 1. The summed E-state index contributed by atoms with van der Waals surface area (Å²) in [6.07, 6.45) is -0.669. The molecule has 0 spiro atoms. The minimum Gasteiger partial charge on any atom is -0.370 e. The average molecular weight is 467 g/mol. The van der Waals surface area contributed by atoms with Crippen molar-refractivity contribution in [2.75, 3.05) is 7.11 Å². The number of rotatable bonds is 6. The standard InChI is InChI=1S/C24H23F2N5O3/c1-34-23(32)11-16(12-23)24(27,33)20-6-2-4-17(29-20)14-8-9-15-13-28-31(19(15)10-14)21-7-3-5-18(30-21)22(25)26/h2-10,13,16,22,32-33H,11-12,27H2,1H3/t16?,23?,24-/m0/s1. The summed E-state index contributed by atoms with van der Waals surface area (Å²) in [5.74, 6) is -1.43. The zero-order valence-electron chi connectivity index (χ0n) is 18.3. The van der Waals surface area contributed by atoms with Gasteiger partial charge in [-0.05, 0) is 30.3 Å². The van der Waals surface area contributed by atoms with E-state index in [0.717, 1.165) is 10.9 Å². The first kappa shape index (κ1) is 22.5. The molecule has 0 saturated heterocycles. The van der Waals surface area contributed by atoms with Gasteiger partial charge in [0.2, 0.25) is 0 Å². The van der Waals surface area contributed by atoms with Crippen molar-refractivity contribution in [1.82, 2.24) is 19.7 Å². The molecule has 4 aromatic rings. The highest BCUT2D eigenvalue weighted by Gasteiger charge is 2.52. The molecule has 0 unspecified atom stereocenters. The second kappa shape index (κ2) is 8.17. The van der Waals surface area contributed by atoms with Gasteiger partial charge in [0, 0.05) is 36.8 Å². The molecule has 1 saturated carbocycles. The van der Waals surface area contributed by atoms with Crippen LogP contribution in [0.3, 0.4) is 0 Å². The number of alkyl halides is 2. The smallest absolute Gasteiger partial charge is 0.280 e. The first-order chi connectivity index (χ1) is 16.2. The lowest BCUT2D eigenvalue weighted by atomic mass is 9.71. The molecule has 5 rings (SSSR count). The molecule has 176 valence electrons. The Morgan fingerprint density at radius 2 is 1.91 bits per heavy atom. The van der Waals surface area contributed by atoms with Crippen LogP contribution in [0.5, 0.6) is 0 Å². The van der Waals surface area contributed by atoms with Gasteiger partial charge in [-0.15, -0.1) is 0 Å². The van der Waals surface area contributed by atoms with E-state index in [4.69, 9.17) is 10.5 Å². The maximum Gasteiger partial charge on any atom is 0.280 e. The lowest BCUT2D eigenvalue weighted by molar-refractivity contribution is -0.281. The van der Waals surface area contributed by atoms with E-state index in [0.29, 0.717) is 11.2 Å². The fourth-order valence-electron chi connectivity index (χ4n) is 4.26. The summed E-state index contributed by atoms with van der Waals surface area (Å²) in [6, 6.07) is 15.1. The number of nitrogens with two attached hydrogens (primary N) is 1. The molecule has 0 bridgehead atoms. The van der Waals surface area contributed by atoms with Crippen LogP contribution < -0.4 is 5.73 Å². The van der Waals surface area contributed by atoms with Gasteiger partial charge in [-0.2, -0.15) is 5.10 Å². The van der Waals surface area contributed by atoms with Crippen LogP contribution in [0.1, 0.15) is 30.7 Å². The molecule has 34 heavy (non-hydrogen) atoms. The highest BCUT2D eigenvalue weighted by atomic mass is 19.3. The van der Waals surface area contributed by atoms with E-state index < -0.39 is 23.9 Å². The Labute approximate surface area is 193 Å². The predicted octanol–water partition coefficient (Wildman–Crippen LogP) is 3.27. The van der Waals surface area contributed by atoms with Gasteiger partial charge >= 0.3 is 0 Å². The maximum absolute atomic E-state index is 13.1. The molecule has 1 aliphatic carbocycles. The predicted molar refractivity (Wildman–Crippen MR) is 120 cm³/mol. The van der Waals surface area contributed by atoms with E-state index in [1.54, 1.807) is 30.5 Å². The topological polar surface area (TPSA) is 119 Å². The minimum atomic E-state index is -2.69. The fourth-order valence-corrected chi connectivity index (χ4v) is 4.26. The number of ether oxygens (including phenoxy) is 1. The van der Waals surface area contributed by atoms with Gasteiger partial charge in [0.25, 0.3) is 6.43 Å². The van der Waals surface area contributed by atoms with Crippen molar-refractivity contribution in [2.45, 2.75) is 30.8 Å². The van der Waals surface area contributed by atoms with Crippen molar-refractivity contribution in [2.24, 2.45) is 11.7 Å². The number of hydrogen-bond donors (Lipinski definition) is 3. The molecule has 1 fully saturated rings. The van der Waals surface area contributed by atoms with E-state index in [-0.39, 0.29) is 30.0 Å². The lowest BCUT2D eigenvalue weighted by Crippen LogP contribution is -2.57. The summed E-state index contributed by atoms with van der Waals surface area (Å²) in [5.41, 5.74) is 6.37. The minimum absolute atomic E-state index is 0.193. The van der Waals surface area contributed by atoms with Crippen molar-refractivity contribution >= 4 is 10.9 Å². The molecule has 3 heterocycles. The number of hydrogen-bond acceptors (Lipinski definition) is 7. The van der Waals surface area contributed by atoms with E-state index in [1.807, 2.05) is 18.2 Å². The van der Waals surface area contributed by atoms with Crippen molar-refractivity contribution in [3.8, 4) is 17.1 Å². The van der Waals surface area contributed by atoms with Crippen LogP contribution >= 0.6 is 0 Å². The molecule has 0 aliphatic heterocycles. The van der Waals surface area contributed by atoms with Crippen molar-refractivity contribution in [1.29, 1.82) is 0 Å². The quantitative estimate of drug-likeness (QED) is 0.372. The van der Waals surface area contributed by atoms with E-state index in [9.17, 15) is 19.0 Å². The summed E-state index contributed by atoms with van der Waals surface area (Å²) in [4.78, 5) is 8.60. The van der Waals surface area contributed by atoms with Gasteiger partial charge < -0.3 is 14.9 Å². The van der Waals surface area contributed by atoms with Crippen LogP contribution in [0, 0.1) is 5.92 Å². The van der Waals surface area contributed by atoms with Crippen molar-refractivity contribution < 1.29 is 23.7 Å². The second-order valence-corrected chi connectivity index (χ2v) is 8.54. The Morgan fingerprint density at radius 3 is 2.65 bits per heavy atom. The third kappa shape index (κ3) is 3.84. The molecule has 0 amide bonds. The third-order valence-corrected chi connectivity index (χ3v) is 6.36. The number of fused-ring (bicyclic) bond motifs is 1. The Balaban J connectivity index is 1.50. The number of methoxy groups -OCH3 is 1. The average Bonchev–Trinajstić information content (AvgIpc) is 3.25. The summed E-state index contributed by atoms with van der Waals surface area (Å²) >= 11 is 0. The van der Waals surface area contributed by atoms with E-state index in [1.165, 1.54) is 23.9 Å². The molecule has 1 aromatic carbocycles. The SMILES string of the molecule is COC1(O)CC([C@](N)(O)c2cccc(-c3ccc4cnn(-c5cccc(C(F)F)n5)c4c3)n2)C1. The van der Waals surface area contributed by atoms with E-state index >= 15 is 0 Å². The molecular weight excluding hydrogens is 444 g/mol. The van der Waals surface area contributed by atoms with Gasteiger partial charge in [-0.25, -0.2) is 23.4 Å². The number of aliphatic hydroxyl groups is 2. The van der Waals surface area contributed by atoms with E-state index in [2.05, 4.69) is 15.1 Å². The van der Waals surface area contributed by atoms with Gasteiger partial charge in [-0.1, -0.05) is 24.3 Å². The van der Waals surface area contributed by atoms with Crippen LogP contribution in [-0.2, 0) is 10.5 Å². The molecule has 8 nitrogen and oxygen atoms in total. The van der Waals surface area contributed by atoms with Crippen LogP contribution in [-0.4, -0.2) is 42.9 Å². The molecule has 3 aromatic heterocycles. The summed E-state index contributed by atoms with van der Waals surface area (Å²) in [5, 5.41) is 26.2. The lowest BCUT2D eigenvalue weighted by Gasteiger charge is -2.47. The highest BCUT2D eigenvalue weighted by molar-refractivity contribution is 5.84. The Morgan fingerprint density at radius 1 is 1.15 bits per heavy atom. The largest absolute Gasteiger partial charge is 0.370 e. The Bertz CT molecular complexity index is 1350. The normalized spacial score (nSPS) is 22.0. The Kier molecular flexibility index (Phi) is 5.40. The Hall–Kier alpha value is -3.31. The van der Waals surface area contributed by atoms with Gasteiger partial charge in [0.1, 0.15) is 5.69 Å². The van der Waals surface area contributed by atoms with Gasteiger partial charge in [0.15, 0.2) is 17.3 Å². The third-order valence-electron chi connectivity index (χ3n) is 6.36. The van der Waals surface area contributed by atoms with Crippen LogP contribution in [0.4, 0.5) is 8.78 Å². The monoisotopic (exact) mass is 467 g/mol. The summed E-state index contributed by atoms with van der Waals surface area (Å²) in [6.45, 7) is 0. The molecule has 4 N–H and O–H groups in total. The first-order valence-corrected chi connectivity index (χ1v) is 10.7. The van der Waals surface area contributed by atoms with Crippen LogP contribution in [0.25, 0.3) is 28.0 Å². The molecule has 10 heteroatoms. The summed E-state index contributed by atoms with van der Waals surface area (Å²) in [7, 11) is 1.41. The van der Waals surface area contributed by atoms with Crippen LogP contribution in [0.15, 0.2) is 60.8 Å². The van der Waals surface area contributed by atoms with Crippen LogP contribution in [0.2, 0.25) is 0 Å². The maximum atomic E-state index is 13.1. The zero-order chi connectivity index (χ0) is 24.1. The fraction of sp³-hybridized carbons (Fsp3) is 0.292. The molecular formula is C24H23F2N5O3. The number of halogens is 2. The second-order valence-electron chi connectivity index (χ2n) is 8.54. The summed E-state index contributed by atoms with van der Waals surface area (Å²) < 4.78 is 32.8. The highest BCUT2D eigenvalue weighted by Crippen LogP contribution is 2.46. The van der Waals surface area contributed by atoms with Gasteiger partial charge in [0.05, 0.1) is 23.1 Å².